The van der Waals surface area contributed by atoms with E-state index in [9.17, 15) is 0 Å². The summed E-state index contributed by atoms with van der Waals surface area (Å²) in [5, 5.41) is 0. The van der Waals surface area contributed by atoms with Gasteiger partial charge in [-0.15, -0.1) is 0 Å². The Bertz CT molecular complexity index is 276. The monoisotopic (exact) mass is 268 g/mol. The van der Waals surface area contributed by atoms with Gasteiger partial charge in [-0.1, -0.05) is 45.2 Å². The molecule has 0 aromatic heterocycles. The van der Waals surface area contributed by atoms with Gasteiger partial charge in [0, 0.05) is 10.0 Å². The van der Waals surface area contributed by atoms with E-state index in [-0.39, 0.29) is 0 Å². The van der Waals surface area contributed by atoms with Gasteiger partial charge >= 0.3 is 0 Å². The fraction of sp³-hybridized carbons (Fsp3) is 0.250. The van der Waals surface area contributed by atoms with Crippen molar-refractivity contribution in [3.8, 4) is 5.75 Å². The lowest BCUT2D eigenvalue weighted by molar-refractivity contribution is 0.410. The minimum absolute atomic E-state index is 0.548. The first-order valence-corrected chi connectivity index (χ1v) is 4.93. The van der Waals surface area contributed by atoms with Crippen LogP contribution in [0.2, 0.25) is 0 Å². The number of alkyl halides is 2. The summed E-state index contributed by atoms with van der Waals surface area (Å²) in [5.41, 5.74) is 0.782. The Balaban J connectivity index is 3.11. The molecule has 0 spiro atoms. The van der Waals surface area contributed by atoms with Crippen molar-refractivity contribution in [2.45, 2.75) is 4.84 Å². The van der Waals surface area contributed by atoms with Crippen LogP contribution in [0.25, 0.3) is 0 Å². The van der Waals surface area contributed by atoms with Crippen LogP contribution in [0.3, 0.4) is 0 Å². The molecule has 0 unspecified atom stereocenters. The molecule has 0 aliphatic heterocycles. The highest BCUT2D eigenvalue weighted by Gasteiger charge is 2.09. The highest BCUT2D eigenvalue weighted by Crippen LogP contribution is 2.34. The van der Waals surface area contributed by atoms with Gasteiger partial charge in [0.1, 0.15) is 10.6 Å². The lowest BCUT2D eigenvalue weighted by atomic mass is 10.2. The first-order chi connectivity index (χ1) is 5.65. The number of hydrogen-bond acceptors (Lipinski definition) is 1. The van der Waals surface area contributed by atoms with E-state index in [1.54, 1.807) is 7.11 Å². The van der Waals surface area contributed by atoms with Crippen LogP contribution in [0.1, 0.15) is 10.4 Å². The van der Waals surface area contributed by atoms with E-state index in [2.05, 4.69) is 15.9 Å². The summed E-state index contributed by atoms with van der Waals surface area (Å²) in [7, 11) is 1.58. The number of rotatable bonds is 2. The van der Waals surface area contributed by atoms with E-state index in [1.807, 2.05) is 18.2 Å². The second-order valence-corrected chi connectivity index (χ2v) is 4.20. The van der Waals surface area contributed by atoms with E-state index < -0.39 is 4.84 Å². The summed E-state index contributed by atoms with van der Waals surface area (Å²) in [6.07, 6.45) is 0. The molecule has 1 rings (SSSR count). The van der Waals surface area contributed by atoms with Gasteiger partial charge in [-0.3, -0.25) is 0 Å². The molecule has 1 nitrogen and oxygen atoms in total. The third-order valence-electron chi connectivity index (χ3n) is 1.43. The van der Waals surface area contributed by atoms with Crippen molar-refractivity contribution in [2.24, 2.45) is 0 Å². The zero-order valence-electron chi connectivity index (χ0n) is 6.35. The first-order valence-electron chi connectivity index (χ1n) is 3.26. The summed E-state index contributed by atoms with van der Waals surface area (Å²) in [6.45, 7) is 0. The maximum Gasteiger partial charge on any atom is 0.136 e. The van der Waals surface area contributed by atoms with E-state index >= 15 is 0 Å². The second kappa shape index (κ2) is 4.35. The van der Waals surface area contributed by atoms with Crippen LogP contribution >= 0.6 is 39.1 Å². The van der Waals surface area contributed by atoms with Gasteiger partial charge in [0.25, 0.3) is 0 Å². The molecule has 0 heterocycles. The fourth-order valence-electron chi connectivity index (χ4n) is 0.865. The largest absolute Gasteiger partial charge is 0.496 e. The topological polar surface area (TPSA) is 9.23 Å². The number of halogens is 3. The molecule has 0 atom stereocenters. The first kappa shape index (κ1) is 10.2. The molecule has 0 saturated heterocycles. The molecule has 0 amide bonds. The predicted molar refractivity (Wildman–Crippen MR) is 55.1 cm³/mol. The molecule has 1 aromatic carbocycles. The van der Waals surface area contributed by atoms with Crippen LogP contribution < -0.4 is 4.74 Å². The molecular weight excluding hydrogens is 263 g/mol. The van der Waals surface area contributed by atoms with E-state index in [0.717, 1.165) is 10.0 Å². The second-order valence-electron chi connectivity index (χ2n) is 2.19. The summed E-state index contributed by atoms with van der Waals surface area (Å²) >= 11 is 14.7. The SMILES string of the molecule is COc1cc(Br)ccc1C(Cl)Cl. The fourth-order valence-corrected chi connectivity index (χ4v) is 1.57. The van der Waals surface area contributed by atoms with E-state index in [4.69, 9.17) is 27.9 Å². The molecule has 66 valence electrons. The zero-order valence-corrected chi connectivity index (χ0v) is 9.45. The Labute approximate surface area is 89.7 Å². The zero-order chi connectivity index (χ0) is 9.14. The maximum absolute atomic E-state index is 5.71. The quantitative estimate of drug-likeness (QED) is 0.739. The minimum Gasteiger partial charge on any atom is -0.496 e. The number of benzene rings is 1. The molecule has 0 aliphatic carbocycles. The van der Waals surface area contributed by atoms with Crippen LogP contribution in [0.15, 0.2) is 22.7 Å². The van der Waals surface area contributed by atoms with Crippen molar-refractivity contribution in [1.82, 2.24) is 0 Å². The summed E-state index contributed by atoms with van der Waals surface area (Å²) in [6, 6.07) is 5.52. The minimum atomic E-state index is -0.548. The molecule has 0 saturated carbocycles. The van der Waals surface area contributed by atoms with Crippen molar-refractivity contribution in [3.63, 3.8) is 0 Å². The van der Waals surface area contributed by atoms with Gasteiger partial charge in [-0.05, 0) is 12.1 Å². The van der Waals surface area contributed by atoms with Crippen LogP contribution in [0.5, 0.6) is 5.75 Å². The lowest BCUT2D eigenvalue weighted by Gasteiger charge is -2.08. The average molecular weight is 270 g/mol. The Morgan fingerprint density at radius 2 is 2.08 bits per heavy atom. The summed E-state index contributed by atoms with van der Waals surface area (Å²) in [5.74, 6) is 0.694. The lowest BCUT2D eigenvalue weighted by Crippen LogP contribution is -1.90. The van der Waals surface area contributed by atoms with Crippen molar-refractivity contribution < 1.29 is 4.74 Å². The van der Waals surface area contributed by atoms with Crippen LogP contribution in [-0.4, -0.2) is 7.11 Å². The average Bonchev–Trinajstić information content (AvgIpc) is 2.03. The van der Waals surface area contributed by atoms with Crippen molar-refractivity contribution in [3.05, 3.63) is 28.2 Å². The molecule has 0 aliphatic rings. The molecule has 1 aromatic rings. The standard InChI is InChI=1S/C8H7BrCl2O/c1-12-7-4-5(9)2-3-6(7)8(10)11/h2-4,8H,1H3. The normalized spacial score (nSPS) is 10.4. The molecule has 0 radical (unpaired) electrons. The number of methoxy groups -OCH3 is 1. The van der Waals surface area contributed by atoms with Gasteiger partial charge in [0.05, 0.1) is 7.11 Å². The molecule has 4 heteroatoms. The predicted octanol–water partition coefficient (Wildman–Crippen LogP) is 3.93. The molecule has 0 bridgehead atoms. The van der Waals surface area contributed by atoms with Crippen LogP contribution in [-0.2, 0) is 0 Å². The van der Waals surface area contributed by atoms with Crippen molar-refractivity contribution >= 4 is 39.1 Å². The van der Waals surface area contributed by atoms with Gasteiger partial charge in [0.2, 0.25) is 0 Å². The highest BCUT2D eigenvalue weighted by molar-refractivity contribution is 9.10. The smallest absolute Gasteiger partial charge is 0.136 e. The molecule has 0 fully saturated rings. The van der Waals surface area contributed by atoms with Gasteiger partial charge in [-0.25, -0.2) is 0 Å². The molecular formula is C8H7BrCl2O. The Morgan fingerprint density at radius 1 is 1.42 bits per heavy atom. The van der Waals surface area contributed by atoms with E-state index in [1.165, 1.54) is 0 Å². The third kappa shape index (κ3) is 2.28. The Hall–Kier alpha value is 0.0800. The number of hydrogen-bond donors (Lipinski definition) is 0. The number of ether oxygens (including phenoxy) is 1. The molecule has 0 N–H and O–H groups in total. The van der Waals surface area contributed by atoms with Gasteiger partial charge in [0.15, 0.2) is 0 Å². The Kier molecular flexibility index (Phi) is 3.69. The Morgan fingerprint density at radius 3 is 2.58 bits per heavy atom. The molecule has 12 heavy (non-hydrogen) atoms. The summed E-state index contributed by atoms with van der Waals surface area (Å²) in [4.78, 5) is -0.548. The highest BCUT2D eigenvalue weighted by atomic mass is 79.9. The van der Waals surface area contributed by atoms with Gasteiger partial charge < -0.3 is 4.74 Å². The van der Waals surface area contributed by atoms with Crippen molar-refractivity contribution in [2.75, 3.05) is 7.11 Å². The van der Waals surface area contributed by atoms with Crippen molar-refractivity contribution in [1.29, 1.82) is 0 Å². The van der Waals surface area contributed by atoms with Crippen LogP contribution in [0.4, 0.5) is 0 Å². The van der Waals surface area contributed by atoms with E-state index in [0.29, 0.717) is 5.75 Å². The van der Waals surface area contributed by atoms with Crippen LogP contribution in [0, 0.1) is 0 Å². The maximum atomic E-state index is 5.71. The summed E-state index contributed by atoms with van der Waals surface area (Å²) < 4.78 is 6.03. The van der Waals surface area contributed by atoms with Gasteiger partial charge in [-0.2, -0.15) is 0 Å². The third-order valence-corrected chi connectivity index (χ3v) is 2.39.